The first-order chi connectivity index (χ1) is 7.79. The van der Waals surface area contributed by atoms with Crippen LogP contribution in [-0.2, 0) is 10.0 Å². The molecule has 0 aliphatic rings. The highest BCUT2D eigenvalue weighted by Gasteiger charge is 2.23. The topological polar surface area (TPSA) is 46.2 Å². The summed E-state index contributed by atoms with van der Waals surface area (Å²) < 4.78 is 39.4. The van der Waals surface area contributed by atoms with E-state index in [-0.39, 0.29) is 16.0 Å². The van der Waals surface area contributed by atoms with Gasteiger partial charge in [-0.2, -0.15) is 0 Å². The molecule has 0 radical (unpaired) electrons. The standard InChI is InChI=1S/C9H9BrCl2FNO2S/c1-5(4-10)14-17(15,16)7-3-2-6(11)9(13)8(7)12/h2-3,5,14H,4H2,1H3. The van der Waals surface area contributed by atoms with E-state index in [1.165, 1.54) is 0 Å². The Hall–Kier alpha value is 0.120. The zero-order chi connectivity index (χ0) is 13.2. The minimum Gasteiger partial charge on any atom is -0.207 e. The quantitative estimate of drug-likeness (QED) is 0.658. The fourth-order valence-electron chi connectivity index (χ4n) is 1.08. The molecule has 0 amide bonds. The van der Waals surface area contributed by atoms with Gasteiger partial charge in [-0.25, -0.2) is 17.5 Å². The van der Waals surface area contributed by atoms with Crippen LogP contribution in [0.25, 0.3) is 0 Å². The minimum absolute atomic E-state index is 0.220. The summed E-state index contributed by atoms with van der Waals surface area (Å²) in [4.78, 5) is -0.325. The number of benzene rings is 1. The molecule has 3 nitrogen and oxygen atoms in total. The Kier molecular flexibility index (Phi) is 5.21. The second-order valence-corrected chi connectivity index (χ2v) is 6.47. The van der Waals surface area contributed by atoms with Crippen molar-refractivity contribution < 1.29 is 12.8 Å². The molecule has 1 aromatic rings. The molecule has 0 aliphatic carbocycles. The highest BCUT2D eigenvalue weighted by atomic mass is 79.9. The van der Waals surface area contributed by atoms with Crippen LogP contribution in [0, 0.1) is 5.82 Å². The predicted octanol–water partition coefficient (Wildman–Crippen LogP) is 3.19. The van der Waals surface area contributed by atoms with Gasteiger partial charge in [0, 0.05) is 11.4 Å². The van der Waals surface area contributed by atoms with Crippen LogP contribution < -0.4 is 4.72 Å². The molecule has 0 fully saturated rings. The van der Waals surface area contributed by atoms with Crippen molar-refractivity contribution in [3.63, 3.8) is 0 Å². The van der Waals surface area contributed by atoms with Gasteiger partial charge in [-0.05, 0) is 19.1 Å². The fourth-order valence-corrected chi connectivity index (χ4v) is 3.44. The molecular weight excluding hydrogens is 356 g/mol. The maximum Gasteiger partial charge on any atom is 0.242 e. The Morgan fingerprint density at radius 1 is 1.47 bits per heavy atom. The van der Waals surface area contributed by atoms with Crippen molar-refractivity contribution in [1.82, 2.24) is 4.72 Å². The highest BCUT2D eigenvalue weighted by molar-refractivity contribution is 9.09. The van der Waals surface area contributed by atoms with Gasteiger partial charge in [0.2, 0.25) is 10.0 Å². The van der Waals surface area contributed by atoms with Gasteiger partial charge >= 0.3 is 0 Å². The van der Waals surface area contributed by atoms with E-state index in [4.69, 9.17) is 23.2 Å². The van der Waals surface area contributed by atoms with Crippen molar-refractivity contribution >= 4 is 49.2 Å². The maximum atomic E-state index is 13.4. The van der Waals surface area contributed by atoms with Crippen LogP contribution in [0.2, 0.25) is 10.0 Å². The second-order valence-electron chi connectivity index (χ2n) is 3.35. The van der Waals surface area contributed by atoms with Crippen molar-refractivity contribution in [2.45, 2.75) is 17.9 Å². The third-order valence-electron chi connectivity index (χ3n) is 1.88. The number of rotatable bonds is 4. The highest BCUT2D eigenvalue weighted by Crippen LogP contribution is 2.29. The summed E-state index contributed by atoms with van der Waals surface area (Å²) in [6, 6.07) is 1.97. The summed E-state index contributed by atoms with van der Waals surface area (Å²) >= 11 is 14.2. The third kappa shape index (κ3) is 3.54. The van der Waals surface area contributed by atoms with Crippen LogP contribution in [-0.4, -0.2) is 19.8 Å². The Labute approximate surface area is 117 Å². The van der Waals surface area contributed by atoms with Crippen molar-refractivity contribution in [2.75, 3.05) is 5.33 Å². The molecule has 0 spiro atoms. The number of hydrogen-bond acceptors (Lipinski definition) is 2. The van der Waals surface area contributed by atoms with Gasteiger partial charge in [0.05, 0.1) is 10.0 Å². The molecule has 0 heterocycles. The molecule has 1 unspecified atom stereocenters. The van der Waals surface area contributed by atoms with E-state index in [0.717, 1.165) is 12.1 Å². The lowest BCUT2D eigenvalue weighted by Crippen LogP contribution is -2.33. The Bertz CT molecular complexity index is 524. The van der Waals surface area contributed by atoms with E-state index in [2.05, 4.69) is 20.7 Å². The summed E-state index contributed by atoms with van der Waals surface area (Å²) in [6.07, 6.45) is 0. The number of sulfonamides is 1. The van der Waals surface area contributed by atoms with E-state index < -0.39 is 20.9 Å². The maximum absolute atomic E-state index is 13.4. The number of halogens is 4. The lowest BCUT2D eigenvalue weighted by molar-refractivity contribution is 0.568. The molecule has 96 valence electrons. The van der Waals surface area contributed by atoms with Crippen molar-refractivity contribution in [3.8, 4) is 0 Å². The molecule has 0 aromatic heterocycles. The SMILES string of the molecule is CC(CBr)NS(=O)(=O)c1ccc(Cl)c(F)c1Cl. The van der Waals surface area contributed by atoms with Crippen molar-refractivity contribution in [1.29, 1.82) is 0 Å². The molecular formula is C9H9BrCl2FNO2S. The van der Waals surface area contributed by atoms with Gasteiger partial charge in [-0.15, -0.1) is 0 Å². The van der Waals surface area contributed by atoms with Crippen molar-refractivity contribution in [3.05, 3.63) is 28.0 Å². The average Bonchev–Trinajstić information content (AvgIpc) is 2.24. The van der Waals surface area contributed by atoms with Crippen LogP contribution in [0.15, 0.2) is 17.0 Å². The van der Waals surface area contributed by atoms with Crippen LogP contribution in [0.1, 0.15) is 6.92 Å². The van der Waals surface area contributed by atoms with Gasteiger partial charge in [0.1, 0.15) is 4.90 Å². The molecule has 1 aromatic carbocycles. The van der Waals surface area contributed by atoms with E-state index >= 15 is 0 Å². The molecule has 0 saturated heterocycles. The van der Waals surface area contributed by atoms with Crippen molar-refractivity contribution in [2.24, 2.45) is 0 Å². The number of nitrogens with one attached hydrogen (secondary N) is 1. The molecule has 0 aliphatic heterocycles. The minimum atomic E-state index is -3.85. The summed E-state index contributed by atoms with van der Waals surface area (Å²) in [5.41, 5.74) is 0. The molecule has 1 N–H and O–H groups in total. The third-order valence-corrected chi connectivity index (χ3v) is 5.25. The Morgan fingerprint density at radius 2 is 2.06 bits per heavy atom. The predicted molar refractivity (Wildman–Crippen MR) is 70.0 cm³/mol. The largest absolute Gasteiger partial charge is 0.242 e. The molecule has 17 heavy (non-hydrogen) atoms. The first kappa shape index (κ1) is 15.2. The average molecular weight is 365 g/mol. The summed E-state index contributed by atoms with van der Waals surface area (Å²) in [7, 11) is -3.85. The second kappa shape index (κ2) is 5.84. The van der Waals surface area contributed by atoms with Crippen LogP contribution in [0.3, 0.4) is 0 Å². The normalized spacial score (nSPS) is 13.7. The Morgan fingerprint density at radius 3 is 2.59 bits per heavy atom. The van der Waals surface area contributed by atoms with E-state index in [1.54, 1.807) is 6.92 Å². The summed E-state index contributed by atoms with van der Waals surface area (Å²) in [5, 5.41) is -0.297. The Balaban J connectivity index is 3.21. The molecule has 1 atom stereocenters. The van der Waals surface area contributed by atoms with E-state index in [0.29, 0.717) is 5.33 Å². The molecule has 0 bridgehead atoms. The lowest BCUT2D eigenvalue weighted by Gasteiger charge is -2.13. The van der Waals surface area contributed by atoms with Gasteiger partial charge in [-0.1, -0.05) is 39.1 Å². The molecule has 8 heteroatoms. The first-order valence-corrected chi connectivity index (χ1v) is 7.87. The van der Waals surface area contributed by atoms with Gasteiger partial charge in [-0.3, -0.25) is 0 Å². The van der Waals surface area contributed by atoms with Gasteiger partial charge in [0.25, 0.3) is 0 Å². The first-order valence-electron chi connectivity index (χ1n) is 4.51. The summed E-state index contributed by atoms with van der Waals surface area (Å²) in [6.45, 7) is 1.66. The monoisotopic (exact) mass is 363 g/mol. The van der Waals surface area contributed by atoms with Crippen LogP contribution in [0.4, 0.5) is 4.39 Å². The zero-order valence-electron chi connectivity index (χ0n) is 8.68. The van der Waals surface area contributed by atoms with Gasteiger partial charge in [0.15, 0.2) is 5.82 Å². The molecule has 0 saturated carbocycles. The number of hydrogen-bond donors (Lipinski definition) is 1. The fraction of sp³-hybridized carbons (Fsp3) is 0.333. The number of alkyl halides is 1. The molecule has 1 rings (SSSR count). The van der Waals surface area contributed by atoms with Crippen LogP contribution in [0.5, 0.6) is 0 Å². The zero-order valence-corrected chi connectivity index (χ0v) is 12.6. The van der Waals surface area contributed by atoms with E-state index in [9.17, 15) is 12.8 Å². The van der Waals surface area contributed by atoms with Gasteiger partial charge < -0.3 is 0 Å². The summed E-state index contributed by atoms with van der Waals surface area (Å²) in [5.74, 6) is -0.942. The van der Waals surface area contributed by atoms with Crippen LogP contribution >= 0.6 is 39.1 Å². The van der Waals surface area contributed by atoms with E-state index in [1.807, 2.05) is 0 Å². The lowest BCUT2D eigenvalue weighted by atomic mass is 10.3. The smallest absolute Gasteiger partial charge is 0.207 e.